The van der Waals surface area contributed by atoms with Crippen molar-refractivity contribution in [3.8, 4) is 0 Å². The molecule has 0 spiro atoms. The maximum Gasteiger partial charge on any atom is 0.260 e. The molecule has 2 rings (SSSR count). The van der Waals surface area contributed by atoms with Crippen molar-refractivity contribution in [2.75, 3.05) is 29.1 Å². The number of nitrogens with one attached hydrogen (secondary N) is 2. The molecule has 4 N–H and O–H groups in total. The second-order valence-corrected chi connectivity index (χ2v) is 6.83. The number of hydrogen-bond acceptors (Lipinski definition) is 6. The van der Waals surface area contributed by atoms with Gasteiger partial charge in [-0.1, -0.05) is 6.92 Å². The summed E-state index contributed by atoms with van der Waals surface area (Å²) in [7, 11) is -3.05. The Kier molecular flexibility index (Phi) is 3.93. The maximum absolute atomic E-state index is 11.9. The van der Waals surface area contributed by atoms with E-state index in [4.69, 9.17) is 5.73 Å². The lowest BCUT2D eigenvalue weighted by molar-refractivity contribution is 0.597. The Morgan fingerprint density at radius 2 is 2.15 bits per heavy atom. The first kappa shape index (κ1) is 14.3. The summed E-state index contributed by atoms with van der Waals surface area (Å²) in [5.41, 5.74) is 6.28. The molecule has 0 unspecified atom stereocenters. The topological polar surface area (TPSA) is 118 Å². The zero-order chi connectivity index (χ0) is 14.8. The predicted octanol–water partition coefficient (Wildman–Crippen LogP) is 0.352. The van der Waals surface area contributed by atoms with Gasteiger partial charge in [0.2, 0.25) is 5.95 Å². The summed E-state index contributed by atoms with van der Waals surface area (Å²) in [5.74, 6) is 0.335. The third-order valence-electron chi connectivity index (χ3n) is 2.87. The molecule has 0 fully saturated rings. The summed E-state index contributed by atoms with van der Waals surface area (Å²) in [6.45, 7) is 1.79. The number of anilines is 2. The van der Waals surface area contributed by atoms with Gasteiger partial charge in [-0.15, -0.1) is 0 Å². The Bertz CT molecular complexity index is 783. The molecule has 0 saturated carbocycles. The average molecular weight is 296 g/mol. The molecular weight excluding hydrogens is 280 g/mol. The summed E-state index contributed by atoms with van der Waals surface area (Å²) >= 11 is 0. The number of nitrogens with two attached hydrogens (primary N) is 1. The standard InChI is InChI=1S/C12H16N4O3S/c1-2-20(18,19)6-5-14-12-15-10-4-3-8(13)7-9(10)11(17)16-12/h3-4,7H,2,5-6,13H2,1H3,(H2,14,15,16,17). The Morgan fingerprint density at radius 3 is 2.85 bits per heavy atom. The van der Waals surface area contributed by atoms with Gasteiger partial charge in [0.05, 0.1) is 16.7 Å². The van der Waals surface area contributed by atoms with Crippen molar-refractivity contribution in [1.29, 1.82) is 0 Å². The predicted molar refractivity (Wildman–Crippen MR) is 79.6 cm³/mol. The van der Waals surface area contributed by atoms with Crippen molar-refractivity contribution >= 4 is 32.4 Å². The second kappa shape index (κ2) is 5.49. The molecule has 0 bridgehead atoms. The van der Waals surface area contributed by atoms with Crippen LogP contribution in [0.1, 0.15) is 6.92 Å². The van der Waals surface area contributed by atoms with Gasteiger partial charge in [-0.3, -0.25) is 9.78 Å². The van der Waals surface area contributed by atoms with Crippen LogP contribution in [0.4, 0.5) is 11.6 Å². The third kappa shape index (κ3) is 3.27. The van der Waals surface area contributed by atoms with Crippen LogP contribution >= 0.6 is 0 Å². The molecule has 2 aromatic rings. The number of sulfone groups is 1. The van der Waals surface area contributed by atoms with E-state index in [0.29, 0.717) is 16.6 Å². The Hall–Kier alpha value is -2.09. The zero-order valence-corrected chi connectivity index (χ0v) is 11.8. The molecule has 0 saturated heterocycles. The highest BCUT2D eigenvalue weighted by atomic mass is 32.2. The van der Waals surface area contributed by atoms with Crippen LogP contribution in [-0.2, 0) is 9.84 Å². The van der Waals surface area contributed by atoms with E-state index in [0.717, 1.165) is 0 Å². The Morgan fingerprint density at radius 1 is 1.40 bits per heavy atom. The van der Waals surface area contributed by atoms with Crippen LogP contribution in [-0.4, -0.2) is 36.4 Å². The number of benzene rings is 1. The molecule has 8 heteroatoms. The van der Waals surface area contributed by atoms with E-state index in [1.54, 1.807) is 25.1 Å². The normalized spacial score (nSPS) is 11.7. The number of aromatic amines is 1. The van der Waals surface area contributed by atoms with Crippen LogP contribution in [0.15, 0.2) is 23.0 Å². The van der Waals surface area contributed by atoms with Gasteiger partial charge in [0.15, 0.2) is 9.84 Å². The largest absolute Gasteiger partial charge is 0.399 e. The molecule has 7 nitrogen and oxygen atoms in total. The summed E-state index contributed by atoms with van der Waals surface area (Å²) in [4.78, 5) is 18.6. The maximum atomic E-state index is 11.9. The van der Waals surface area contributed by atoms with Crippen molar-refractivity contribution in [3.05, 3.63) is 28.6 Å². The molecular formula is C12H16N4O3S. The molecule has 1 aromatic carbocycles. The summed E-state index contributed by atoms with van der Waals surface area (Å²) in [5, 5.41) is 3.21. The van der Waals surface area contributed by atoms with Crippen molar-refractivity contribution in [3.63, 3.8) is 0 Å². The number of aromatic nitrogens is 2. The Balaban J connectivity index is 2.20. The van der Waals surface area contributed by atoms with Gasteiger partial charge >= 0.3 is 0 Å². The molecule has 0 aliphatic rings. The number of H-pyrrole nitrogens is 1. The van der Waals surface area contributed by atoms with E-state index >= 15 is 0 Å². The number of fused-ring (bicyclic) bond motifs is 1. The van der Waals surface area contributed by atoms with Crippen LogP contribution in [0.2, 0.25) is 0 Å². The van der Waals surface area contributed by atoms with Gasteiger partial charge in [0.25, 0.3) is 5.56 Å². The molecule has 0 atom stereocenters. The fourth-order valence-corrected chi connectivity index (χ4v) is 2.41. The van der Waals surface area contributed by atoms with Crippen molar-refractivity contribution < 1.29 is 8.42 Å². The van der Waals surface area contributed by atoms with E-state index < -0.39 is 9.84 Å². The van der Waals surface area contributed by atoms with Crippen LogP contribution in [0.3, 0.4) is 0 Å². The Labute approximate surface area is 116 Å². The number of hydrogen-bond donors (Lipinski definition) is 3. The molecule has 1 heterocycles. The van der Waals surface area contributed by atoms with Crippen molar-refractivity contribution in [2.45, 2.75) is 6.92 Å². The smallest absolute Gasteiger partial charge is 0.260 e. The number of rotatable bonds is 5. The average Bonchev–Trinajstić information content (AvgIpc) is 2.39. The molecule has 0 amide bonds. The van der Waals surface area contributed by atoms with Gasteiger partial charge in [-0.25, -0.2) is 13.4 Å². The molecule has 20 heavy (non-hydrogen) atoms. The first-order chi connectivity index (χ1) is 9.41. The monoisotopic (exact) mass is 296 g/mol. The summed E-state index contributed by atoms with van der Waals surface area (Å²) in [6.07, 6.45) is 0. The molecule has 0 aliphatic carbocycles. The van der Waals surface area contributed by atoms with E-state index in [-0.39, 0.29) is 29.6 Å². The number of nitrogens with zero attached hydrogens (tertiary/aromatic N) is 1. The molecule has 108 valence electrons. The van der Waals surface area contributed by atoms with E-state index in [1.165, 1.54) is 0 Å². The number of nitrogen functional groups attached to an aromatic ring is 1. The van der Waals surface area contributed by atoms with Gasteiger partial charge in [-0.05, 0) is 18.2 Å². The van der Waals surface area contributed by atoms with Crippen LogP contribution in [0.5, 0.6) is 0 Å². The van der Waals surface area contributed by atoms with Crippen LogP contribution < -0.4 is 16.6 Å². The first-order valence-corrected chi connectivity index (χ1v) is 7.97. The fraction of sp³-hybridized carbons (Fsp3) is 0.333. The van der Waals surface area contributed by atoms with E-state index in [1.807, 2.05) is 0 Å². The van der Waals surface area contributed by atoms with Gasteiger partial charge in [0.1, 0.15) is 0 Å². The fourth-order valence-electron chi connectivity index (χ4n) is 1.71. The highest BCUT2D eigenvalue weighted by Crippen LogP contribution is 2.12. The minimum Gasteiger partial charge on any atom is -0.399 e. The van der Waals surface area contributed by atoms with Crippen molar-refractivity contribution in [1.82, 2.24) is 9.97 Å². The van der Waals surface area contributed by atoms with E-state index in [2.05, 4.69) is 15.3 Å². The minimum atomic E-state index is -3.05. The van der Waals surface area contributed by atoms with Gasteiger partial charge < -0.3 is 11.1 Å². The third-order valence-corrected chi connectivity index (χ3v) is 4.58. The van der Waals surface area contributed by atoms with Gasteiger partial charge in [0, 0.05) is 18.0 Å². The highest BCUT2D eigenvalue weighted by Gasteiger charge is 2.08. The van der Waals surface area contributed by atoms with Crippen molar-refractivity contribution in [2.24, 2.45) is 0 Å². The zero-order valence-electron chi connectivity index (χ0n) is 11.0. The second-order valence-electron chi connectivity index (χ2n) is 4.35. The molecule has 0 radical (unpaired) electrons. The minimum absolute atomic E-state index is 0.00696. The molecule has 0 aliphatic heterocycles. The quantitative estimate of drug-likeness (QED) is 0.685. The lowest BCUT2D eigenvalue weighted by Crippen LogP contribution is -2.20. The van der Waals surface area contributed by atoms with Crippen LogP contribution in [0, 0.1) is 0 Å². The summed E-state index contributed by atoms with van der Waals surface area (Å²) in [6, 6.07) is 4.85. The SMILES string of the molecule is CCS(=O)(=O)CCNc1nc2ccc(N)cc2c(=O)[nH]1. The molecule has 1 aromatic heterocycles. The first-order valence-electron chi connectivity index (χ1n) is 6.15. The summed E-state index contributed by atoms with van der Waals surface area (Å²) < 4.78 is 22.7. The highest BCUT2D eigenvalue weighted by molar-refractivity contribution is 7.91. The lowest BCUT2D eigenvalue weighted by Gasteiger charge is -2.06. The van der Waals surface area contributed by atoms with Gasteiger partial charge in [-0.2, -0.15) is 0 Å². The van der Waals surface area contributed by atoms with E-state index in [9.17, 15) is 13.2 Å². The lowest BCUT2D eigenvalue weighted by atomic mass is 10.2. The van der Waals surface area contributed by atoms with Crippen LogP contribution in [0.25, 0.3) is 10.9 Å².